The van der Waals surface area contributed by atoms with Gasteiger partial charge < -0.3 is 15.5 Å². The van der Waals surface area contributed by atoms with Crippen LogP contribution >= 0.6 is 15.9 Å². The maximum absolute atomic E-state index is 12.4. The average molecular weight is 432 g/mol. The molecule has 2 aromatic rings. The summed E-state index contributed by atoms with van der Waals surface area (Å²) in [6.07, 6.45) is 5.39. The van der Waals surface area contributed by atoms with Crippen molar-refractivity contribution >= 4 is 33.6 Å². The molecule has 3 rings (SSSR count). The van der Waals surface area contributed by atoms with E-state index in [0.717, 1.165) is 37.1 Å². The van der Waals surface area contributed by atoms with Gasteiger partial charge in [-0.05, 0) is 44.7 Å². The lowest BCUT2D eigenvalue weighted by molar-refractivity contribution is 0.0918. The topological polar surface area (TPSA) is 70.1 Å². The minimum absolute atomic E-state index is 0.0450. The Hall–Kier alpha value is -2.15. The van der Waals surface area contributed by atoms with E-state index in [1.807, 2.05) is 62.4 Å². The summed E-state index contributed by atoms with van der Waals surface area (Å²) in [5, 5.41) is 6.58. The van der Waals surface area contributed by atoms with E-state index >= 15 is 0 Å². The maximum atomic E-state index is 12.4. The molecule has 27 heavy (non-hydrogen) atoms. The number of rotatable bonds is 5. The normalized spacial score (nSPS) is 22.1. The summed E-state index contributed by atoms with van der Waals surface area (Å²) in [7, 11) is 3.96. The Balaban J connectivity index is 1.57. The second kappa shape index (κ2) is 8.25. The second-order valence-electron chi connectivity index (χ2n) is 7.30. The maximum Gasteiger partial charge on any atom is 0.252 e. The van der Waals surface area contributed by atoms with Crippen LogP contribution in [0, 0.1) is 6.92 Å². The third-order valence-corrected chi connectivity index (χ3v) is 5.84. The molecule has 0 bridgehead atoms. The third-order valence-electron chi connectivity index (χ3n) is 4.85. The first-order chi connectivity index (χ1) is 12.9. The number of amides is 1. The van der Waals surface area contributed by atoms with Gasteiger partial charge in [0.15, 0.2) is 0 Å². The molecule has 1 aliphatic rings. The first-order valence-corrected chi connectivity index (χ1v) is 9.99. The molecule has 0 unspecified atom stereocenters. The highest BCUT2D eigenvalue weighted by Gasteiger charge is 2.34. The lowest BCUT2D eigenvalue weighted by atomic mass is 9.91. The van der Waals surface area contributed by atoms with Crippen molar-refractivity contribution in [3.63, 3.8) is 0 Å². The molecule has 1 aromatic heterocycles. The Bertz CT molecular complexity index is 788. The lowest BCUT2D eigenvalue weighted by Crippen LogP contribution is -2.47. The Morgan fingerprint density at radius 2 is 1.89 bits per heavy atom. The number of carbonyl (C=O) groups excluding carboxylic acids is 1. The van der Waals surface area contributed by atoms with Crippen LogP contribution in [0.4, 0.5) is 11.8 Å². The number of aromatic nitrogens is 2. The van der Waals surface area contributed by atoms with Crippen LogP contribution in [0.3, 0.4) is 0 Å². The van der Waals surface area contributed by atoms with E-state index in [1.165, 1.54) is 0 Å². The molecule has 1 amide bonds. The molecule has 7 heteroatoms. The molecule has 0 radical (unpaired) electrons. The summed E-state index contributed by atoms with van der Waals surface area (Å²) >= 11 is 3.75. The molecule has 1 aromatic carbocycles. The fourth-order valence-electron chi connectivity index (χ4n) is 3.35. The molecular formula is C20H26BrN5O. The monoisotopic (exact) mass is 431 g/mol. The smallest absolute Gasteiger partial charge is 0.252 e. The van der Waals surface area contributed by atoms with Gasteiger partial charge in [-0.15, -0.1) is 0 Å². The summed E-state index contributed by atoms with van der Waals surface area (Å²) in [6.45, 7) is 2.01. The second-order valence-corrected chi connectivity index (χ2v) is 8.82. The third kappa shape index (κ3) is 4.97. The zero-order valence-electron chi connectivity index (χ0n) is 16.0. The van der Waals surface area contributed by atoms with E-state index in [1.54, 1.807) is 0 Å². The molecular weight excluding hydrogens is 406 g/mol. The van der Waals surface area contributed by atoms with Crippen molar-refractivity contribution in [3.05, 3.63) is 47.7 Å². The van der Waals surface area contributed by atoms with Crippen molar-refractivity contribution < 1.29 is 4.79 Å². The molecule has 0 spiro atoms. The van der Waals surface area contributed by atoms with Gasteiger partial charge in [0.2, 0.25) is 5.95 Å². The van der Waals surface area contributed by atoms with Crippen molar-refractivity contribution in [2.24, 2.45) is 0 Å². The standard InChI is InChI=1S/C20H26BrN5O/c1-14-13-22-19(24-17(14)26(2)3)23-16-9-11-20(21,12-10-16)25-18(27)15-7-5-4-6-8-15/h4-8,13,16H,9-12H2,1-3H3,(H,25,27)(H,22,23,24). The number of nitrogens with zero attached hydrogens (tertiary/aromatic N) is 3. The molecule has 0 atom stereocenters. The number of anilines is 2. The zero-order valence-corrected chi connectivity index (χ0v) is 17.6. The van der Waals surface area contributed by atoms with Crippen molar-refractivity contribution in [1.29, 1.82) is 0 Å². The van der Waals surface area contributed by atoms with Gasteiger partial charge in [0.25, 0.3) is 5.91 Å². The van der Waals surface area contributed by atoms with Crippen LogP contribution in [0.25, 0.3) is 0 Å². The number of aryl methyl sites for hydroxylation is 1. The van der Waals surface area contributed by atoms with Crippen molar-refractivity contribution in [2.45, 2.75) is 43.1 Å². The number of hydrogen-bond donors (Lipinski definition) is 2. The summed E-state index contributed by atoms with van der Waals surface area (Å²) in [4.78, 5) is 23.5. The van der Waals surface area contributed by atoms with E-state index in [-0.39, 0.29) is 10.4 Å². The number of halogens is 1. The van der Waals surface area contributed by atoms with Crippen LogP contribution in [0.2, 0.25) is 0 Å². The van der Waals surface area contributed by atoms with Gasteiger partial charge >= 0.3 is 0 Å². The first kappa shape index (κ1) is 19.6. The van der Waals surface area contributed by atoms with Crippen LogP contribution in [-0.2, 0) is 0 Å². The van der Waals surface area contributed by atoms with E-state index in [2.05, 4.69) is 36.5 Å². The predicted octanol–water partition coefficient (Wildman–Crippen LogP) is 3.73. The zero-order chi connectivity index (χ0) is 19.4. The van der Waals surface area contributed by atoms with Crippen LogP contribution < -0.4 is 15.5 Å². The van der Waals surface area contributed by atoms with Gasteiger partial charge in [0.1, 0.15) is 5.82 Å². The Kier molecular flexibility index (Phi) is 5.99. The minimum atomic E-state index is -0.360. The van der Waals surface area contributed by atoms with E-state index in [4.69, 9.17) is 0 Å². The molecule has 6 nitrogen and oxygen atoms in total. The molecule has 144 valence electrons. The summed E-state index contributed by atoms with van der Waals surface area (Å²) < 4.78 is -0.360. The molecule has 0 saturated heterocycles. The highest BCUT2D eigenvalue weighted by molar-refractivity contribution is 9.10. The molecule has 1 aliphatic carbocycles. The highest BCUT2D eigenvalue weighted by atomic mass is 79.9. The van der Waals surface area contributed by atoms with Crippen molar-refractivity contribution in [1.82, 2.24) is 15.3 Å². The van der Waals surface area contributed by atoms with Crippen LogP contribution in [0.5, 0.6) is 0 Å². The fourth-order valence-corrected chi connectivity index (χ4v) is 3.99. The lowest BCUT2D eigenvalue weighted by Gasteiger charge is -2.36. The molecule has 1 fully saturated rings. The van der Waals surface area contributed by atoms with Gasteiger partial charge in [0.05, 0.1) is 4.45 Å². The predicted molar refractivity (Wildman–Crippen MR) is 113 cm³/mol. The highest BCUT2D eigenvalue weighted by Crippen LogP contribution is 2.35. The summed E-state index contributed by atoms with van der Waals surface area (Å²) in [5.41, 5.74) is 1.73. The van der Waals surface area contributed by atoms with E-state index in [9.17, 15) is 4.79 Å². The fraction of sp³-hybridized carbons (Fsp3) is 0.450. The van der Waals surface area contributed by atoms with Gasteiger partial charge in [-0.3, -0.25) is 4.79 Å². The summed E-state index contributed by atoms with van der Waals surface area (Å²) in [6, 6.07) is 9.61. The Morgan fingerprint density at radius 3 is 2.52 bits per heavy atom. The Labute approximate surface area is 168 Å². The number of benzene rings is 1. The number of hydrogen-bond acceptors (Lipinski definition) is 5. The van der Waals surface area contributed by atoms with Crippen molar-refractivity contribution in [2.75, 3.05) is 24.3 Å². The summed E-state index contributed by atoms with van der Waals surface area (Å²) in [5.74, 6) is 1.54. The van der Waals surface area contributed by atoms with Crippen LogP contribution in [0.1, 0.15) is 41.6 Å². The molecule has 0 aliphatic heterocycles. The van der Waals surface area contributed by atoms with Crippen LogP contribution in [0.15, 0.2) is 36.5 Å². The SMILES string of the molecule is Cc1cnc(NC2CCC(Br)(NC(=O)c3ccccc3)CC2)nc1N(C)C. The first-order valence-electron chi connectivity index (χ1n) is 9.20. The van der Waals surface area contributed by atoms with E-state index in [0.29, 0.717) is 17.6 Å². The van der Waals surface area contributed by atoms with Gasteiger partial charge in [-0.2, -0.15) is 4.98 Å². The molecule has 1 saturated carbocycles. The largest absolute Gasteiger partial charge is 0.362 e. The minimum Gasteiger partial charge on any atom is -0.362 e. The number of nitrogens with one attached hydrogen (secondary N) is 2. The number of alkyl halides is 1. The Morgan fingerprint density at radius 1 is 1.22 bits per heavy atom. The van der Waals surface area contributed by atoms with Crippen LogP contribution in [-0.4, -0.2) is 40.5 Å². The van der Waals surface area contributed by atoms with Gasteiger partial charge in [0, 0.05) is 37.5 Å². The van der Waals surface area contributed by atoms with E-state index < -0.39 is 0 Å². The van der Waals surface area contributed by atoms with Crippen molar-refractivity contribution in [3.8, 4) is 0 Å². The van der Waals surface area contributed by atoms with Gasteiger partial charge in [-0.25, -0.2) is 4.98 Å². The molecule has 2 N–H and O–H groups in total. The van der Waals surface area contributed by atoms with Gasteiger partial charge in [-0.1, -0.05) is 34.1 Å². The number of carbonyl (C=O) groups is 1. The average Bonchev–Trinajstić information content (AvgIpc) is 2.65. The quantitative estimate of drug-likeness (QED) is 0.557. The molecule has 1 heterocycles.